The van der Waals surface area contributed by atoms with Gasteiger partial charge in [-0.2, -0.15) is 0 Å². The quantitative estimate of drug-likeness (QED) is 0.465. The molecule has 0 heterocycles. The number of ketones is 1. The van der Waals surface area contributed by atoms with Crippen LogP contribution in [0.15, 0.2) is 34.9 Å². The summed E-state index contributed by atoms with van der Waals surface area (Å²) < 4.78 is 9.21. The van der Waals surface area contributed by atoms with E-state index in [4.69, 9.17) is 0 Å². The van der Waals surface area contributed by atoms with Gasteiger partial charge in [0.1, 0.15) is 5.60 Å². The van der Waals surface area contributed by atoms with Gasteiger partial charge in [-0.15, -0.1) is 0 Å². The molecule has 0 bridgehead atoms. The second-order valence-electron chi connectivity index (χ2n) is 6.85. The number of methoxy groups -OCH3 is 2. The van der Waals surface area contributed by atoms with Crippen molar-refractivity contribution in [2.75, 3.05) is 14.2 Å². The molecule has 0 saturated carbocycles. The first-order chi connectivity index (χ1) is 11.5. The van der Waals surface area contributed by atoms with Crippen molar-refractivity contribution in [3.8, 4) is 0 Å². The maximum Gasteiger partial charge on any atom is 0.330 e. The molecule has 0 aromatic heterocycles. The maximum absolute atomic E-state index is 12.4. The van der Waals surface area contributed by atoms with Crippen LogP contribution in [0.2, 0.25) is 0 Å². The number of hydrogen-bond acceptors (Lipinski definition) is 6. The summed E-state index contributed by atoms with van der Waals surface area (Å²) >= 11 is 0. The van der Waals surface area contributed by atoms with Crippen LogP contribution in [0.1, 0.15) is 40.5 Å². The molecule has 0 unspecified atom stereocenters. The number of aliphatic hydroxyl groups is 1. The Morgan fingerprint density at radius 1 is 1.24 bits per heavy atom. The first kappa shape index (κ1) is 20.8. The number of esters is 2. The Balaban J connectivity index is 3.35. The summed E-state index contributed by atoms with van der Waals surface area (Å²) in [5.41, 5.74) is -0.921. The number of Topliss-reactive ketones (excluding diaryl/α,β-unsaturated/α-hetero) is 1. The molecule has 0 amide bonds. The molecule has 1 atom stereocenters. The van der Waals surface area contributed by atoms with Gasteiger partial charge in [0.05, 0.1) is 20.6 Å². The highest BCUT2D eigenvalue weighted by atomic mass is 16.5. The van der Waals surface area contributed by atoms with Crippen molar-refractivity contribution in [2.24, 2.45) is 5.41 Å². The average molecular weight is 350 g/mol. The summed E-state index contributed by atoms with van der Waals surface area (Å²) in [5, 5.41) is 11.3. The zero-order valence-corrected chi connectivity index (χ0v) is 15.6. The summed E-state index contributed by atoms with van der Waals surface area (Å²) in [5.74, 6) is -1.20. The Morgan fingerprint density at radius 3 is 2.36 bits per heavy atom. The Kier molecular flexibility index (Phi) is 6.48. The Hall–Kier alpha value is -2.21. The van der Waals surface area contributed by atoms with Crippen LogP contribution in [0.3, 0.4) is 0 Å². The van der Waals surface area contributed by atoms with Crippen molar-refractivity contribution < 1.29 is 29.0 Å². The number of carbonyl (C=O) groups is 3. The van der Waals surface area contributed by atoms with Crippen LogP contribution in [-0.4, -0.2) is 42.6 Å². The molecule has 1 N–H and O–H groups in total. The third-order valence-electron chi connectivity index (χ3n) is 4.68. The van der Waals surface area contributed by atoms with Crippen LogP contribution in [0.5, 0.6) is 0 Å². The molecule has 1 aliphatic carbocycles. The highest BCUT2D eigenvalue weighted by Crippen LogP contribution is 2.47. The van der Waals surface area contributed by atoms with Gasteiger partial charge in [-0.1, -0.05) is 19.9 Å². The SMILES string of the molecule is COC(=O)C=C(C)C=C[C@@]1(O)C(C)=C(CC(=O)OC)C(=O)CC1(C)C. The second kappa shape index (κ2) is 7.78. The molecule has 1 rings (SSSR count). The summed E-state index contributed by atoms with van der Waals surface area (Å²) in [6.45, 7) is 6.91. The standard InChI is InChI=1S/C19H26O6/c1-12(9-16(21)24-5)7-8-19(23)13(2)14(10-17(22)25-6)15(20)11-18(19,3)4/h7-9,23H,10-11H2,1-6H3/t19-/m1/s1. The van der Waals surface area contributed by atoms with E-state index >= 15 is 0 Å². The monoisotopic (exact) mass is 350 g/mol. The van der Waals surface area contributed by atoms with Crippen LogP contribution in [0.25, 0.3) is 0 Å². The molecule has 0 fully saturated rings. The lowest BCUT2D eigenvalue weighted by molar-refractivity contribution is -0.141. The topological polar surface area (TPSA) is 89.9 Å². The van der Waals surface area contributed by atoms with Crippen molar-refractivity contribution in [3.63, 3.8) is 0 Å². The zero-order valence-electron chi connectivity index (χ0n) is 15.6. The van der Waals surface area contributed by atoms with Gasteiger partial charge in [-0.05, 0) is 31.1 Å². The van der Waals surface area contributed by atoms with Gasteiger partial charge >= 0.3 is 11.9 Å². The molecule has 1 aliphatic rings. The van der Waals surface area contributed by atoms with Crippen molar-refractivity contribution in [1.82, 2.24) is 0 Å². The van der Waals surface area contributed by atoms with Gasteiger partial charge in [0, 0.05) is 23.5 Å². The van der Waals surface area contributed by atoms with Gasteiger partial charge in [0.15, 0.2) is 5.78 Å². The molecular formula is C19H26O6. The highest BCUT2D eigenvalue weighted by molar-refractivity contribution is 6.01. The summed E-state index contributed by atoms with van der Waals surface area (Å²) in [7, 11) is 2.54. The number of rotatable bonds is 5. The largest absolute Gasteiger partial charge is 0.469 e. The molecular weight excluding hydrogens is 324 g/mol. The molecule has 0 saturated heterocycles. The van der Waals surface area contributed by atoms with Crippen molar-refractivity contribution in [3.05, 3.63) is 34.9 Å². The van der Waals surface area contributed by atoms with E-state index < -0.39 is 23.0 Å². The van der Waals surface area contributed by atoms with E-state index in [2.05, 4.69) is 9.47 Å². The van der Waals surface area contributed by atoms with Gasteiger partial charge in [-0.25, -0.2) is 4.79 Å². The van der Waals surface area contributed by atoms with Crippen LogP contribution in [0.4, 0.5) is 0 Å². The van der Waals surface area contributed by atoms with E-state index in [9.17, 15) is 19.5 Å². The normalized spacial score (nSPS) is 23.8. The Morgan fingerprint density at radius 2 is 1.84 bits per heavy atom. The molecule has 0 aromatic rings. The van der Waals surface area contributed by atoms with Crippen molar-refractivity contribution in [2.45, 2.75) is 46.1 Å². The molecule has 0 radical (unpaired) electrons. The minimum atomic E-state index is -1.44. The van der Waals surface area contributed by atoms with Crippen LogP contribution in [-0.2, 0) is 23.9 Å². The fourth-order valence-electron chi connectivity index (χ4n) is 2.93. The minimum absolute atomic E-state index is 0.0945. The third-order valence-corrected chi connectivity index (χ3v) is 4.68. The van der Waals surface area contributed by atoms with E-state index in [-0.39, 0.29) is 24.2 Å². The lowest BCUT2D eigenvalue weighted by Crippen LogP contribution is -2.49. The molecule has 0 spiro atoms. The zero-order chi connectivity index (χ0) is 19.4. The predicted octanol–water partition coefficient (Wildman–Crippen LogP) is 2.27. The van der Waals surface area contributed by atoms with E-state index in [1.54, 1.807) is 39.8 Å². The van der Waals surface area contributed by atoms with Gasteiger partial charge in [0.25, 0.3) is 0 Å². The van der Waals surface area contributed by atoms with Crippen LogP contribution in [0, 0.1) is 5.41 Å². The smallest absolute Gasteiger partial charge is 0.330 e. The van der Waals surface area contributed by atoms with E-state index in [0.29, 0.717) is 11.1 Å². The fourth-order valence-corrected chi connectivity index (χ4v) is 2.93. The van der Waals surface area contributed by atoms with E-state index in [0.717, 1.165) is 0 Å². The third kappa shape index (κ3) is 4.45. The second-order valence-corrected chi connectivity index (χ2v) is 6.85. The van der Waals surface area contributed by atoms with E-state index in [1.165, 1.54) is 20.3 Å². The molecule has 138 valence electrons. The summed E-state index contributed by atoms with van der Waals surface area (Å²) in [4.78, 5) is 35.3. The summed E-state index contributed by atoms with van der Waals surface area (Å²) in [6.07, 6.45) is 4.38. The number of ether oxygens (including phenoxy) is 2. The van der Waals surface area contributed by atoms with Crippen LogP contribution < -0.4 is 0 Å². The van der Waals surface area contributed by atoms with Gasteiger partial charge in [0.2, 0.25) is 0 Å². The molecule has 25 heavy (non-hydrogen) atoms. The van der Waals surface area contributed by atoms with Gasteiger partial charge < -0.3 is 14.6 Å². The summed E-state index contributed by atoms with van der Waals surface area (Å²) in [6, 6.07) is 0. The van der Waals surface area contributed by atoms with Gasteiger partial charge in [-0.3, -0.25) is 9.59 Å². The highest BCUT2D eigenvalue weighted by Gasteiger charge is 2.49. The first-order valence-electron chi connectivity index (χ1n) is 7.96. The maximum atomic E-state index is 12.4. The predicted molar refractivity (Wildman–Crippen MR) is 92.6 cm³/mol. The van der Waals surface area contributed by atoms with Crippen molar-refractivity contribution >= 4 is 17.7 Å². The Bertz CT molecular complexity index is 665. The Labute approximate surface area is 148 Å². The fraction of sp³-hybridized carbons (Fsp3) is 0.526. The lowest BCUT2D eigenvalue weighted by Gasteiger charge is -2.45. The lowest BCUT2D eigenvalue weighted by atomic mass is 9.62. The number of allylic oxidation sites excluding steroid dienone is 2. The first-order valence-corrected chi connectivity index (χ1v) is 7.96. The molecule has 6 nitrogen and oxygen atoms in total. The van der Waals surface area contributed by atoms with Crippen molar-refractivity contribution in [1.29, 1.82) is 0 Å². The van der Waals surface area contributed by atoms with E-state index in [1.807, 2.05) is 0 Å². The number of hydrogen-bond donors (Lipinski definition) is 1. The molecule has 0 aromatic carbocycles. The minimum Gasteiger partial charge on any atom is -0.469 e. The molecule has 0 aliphatic heterocycles. The van der Waals surface area contributed by atoms with Crippen LogP contribution >= 0.6 is 0 Å². The molecule has 6 heteroatoms. The number of carbonyl (C=O) groups excluding carboxylic acids is 3. The average Bonchev–Trinajstić information content (AvgIpc) is 2.54.